The van der Waals surface area contributed by atoms with E-state index in [1.54, 1.807) is 4.90 Å². The molecule has 1 aliphatic heterocycles. The number of aromatic nitrogens is 2. The topological polar surface area (TPSA) is 47.4 Å². The molecule has 2 aromatic rings. The lowest BCUT2D eigenvalue weighted by atomic mass is 10.2. The van der Waals surface area contributed by atoms with Crippen LogP contribution < -0.4 is 0 Å². The summed E-state index contributed by atoms with van der Waals surface area (Å²) in [5.74, 6) is 0. The molecule has 0 aromatic carbocycles. The fraction of sp³-hybridized carbons (Fsp3) is 0.529. The van der Waals surface area contributed by atoms with Crippen LogP contribution in [0.1, 0.15) is 38.8 Å². The van der Waals surface area contributed by atoms with Gasteiger partial charge in [0.25, 0.3) is 0 Å². The number of likely N-dealkylation sites (tertiary alicyclic amines) is 1. The third-order valence-electron chi connectivity index (χ3n) is 4.04. The van der Waals surface area contributed by atoms with Gasteiger partial charge < -0.3 is 14.2 Å². The van der Waals surface area contributed by atoms with Crippen molar-refractivity contribution in [1.29, 1.82) is 0 Å². The van der Waals surface area contributed by atoms with Crippen LogP contribution in [0.2, 0.25) is 0 Å². The van der Waals surface area contributed by atoms with Gasteiger partial charge in [-0.1, -0.05) is 0 Å². The number of hydrogen-bond donors (Lipinski definition) is 0. The second-order valence-corrected chi connectivity index (χ2v) is 8.03. The predicted octanol–water partition coefficient (Wildman–Crippen LogP) is 4.29. The van der Waals surface area contributed by atoms with Gasteiger partial charge in [-0.25, -0.2) is 9.78 Å². The minimum Gasteiger partial charge on any atom is -0.444 e. The Bertz CT molecular complexity index is 748. The Labute approximate surface area is 144 Å². The summed E-state index contributed by atoms with van der Waals surface area (Å²) in [6.07, 6.45) is 4.63. The van der Waals surface area contributed by atoms with Crippen LogP contribution in [0.4, 0.5) is 4.79 Å². The smallest absolute Gasteiger partial charge is 0.410 e. The second-order valence-electron chi connectivity index (χ2n) is 7.11. The number of amides is 1. The summed E-state index contributed by atoms with van der Waals surface area (Å²) in [7, 11) is 0. The number of fused-ring (bicyclic) bond motifs is 1. The molecule has 0 aliphatic carbocycles. The summed E-state index contributed by atoms with van der Waals surface area (Å²) >= 11 is 3.47. The van der Waals surface area contributed by atoms with Crippen molar-refractivity contribution < 1.29 is 9.53 Å². The lowest BCUT2D eigenvalue weighted by Crippen LogP contribution is -2.35. The number of carbonyl (C=O) groups is 1. The Morgan fingerprint density at radius 1 is 1.43 bits per heavy atom. The summed E-state index contributed by atoms with van der Waals surface area (Å²) in [5.41, 5.74) is 1.71. The molecule has 1 atom stereocenters. The van der Waals surface area contributed by atoms with Gasteiger partial charge in [0, 0.05) is 35.3 Å². The lowest BCUT2D eigenvalue weighted by Gasteiger charge is -2.24. The van der Waals surface area contributed by atoms with E-state index in [1.807, 2.05) is 27.0 Å². The average molecular weight is 380 g/mol. The molecule has 0 saturated carbocycles. The zero-order valence-corrected chi connectivity index (χ0v) is 15.6. The van der Waals surface area contributed by atoms with Gasteiger partial charge in [0.05, 0.1) is 6.04 Å². The van der Waals surface area contributed by atoms with Crippen LogP contribution in [0.15, 0.2) is 22.9 Å². The number of nitrogens with zero attached hydrogens (tertiary/aromatic N) is 3. The molecule has 1 amide bonds. The first kappa shape index (κ1) is 16.3. The SMILES string of the molecule is Cc1cn([C@@H]2CCN(C(=O)OC(C)(C)C)C2)c2ncc(Br)cc12. The van der Waals surface area contributed by atoms with Crippen molar-refractivity contribution in [3.63, 3.8) is 0 Å². The van der Waals surface area contributed by atoms with E-state index in [2.05, 4.69) is 44.7 Å². The Kier molecular flexibility index (Phi) is 4.12. The molecule has 5 nitrogen and oxygen atoms in total. The average Bonchev–Trinajstić information content (AvgIpc) is 3.02. The summed E-state index contributed by atoms with van der Waals surface area (Å²) < 4.78 is 8.65. The fourth-order valence-corrected chi connectivity index (χ4v) is 3.34. The van der Waals surface area contributed by atoms with E-state index in [9.17, 15) is 4.79 Å². The molecule has 6 heteroatoms. The quantitative estimate of drug-likeness (QED) is 0.742. The van der Waals surface area contributed by atoms with Crippen molar-refractivity contribution in [3.05, 3.63) is 28.5 Å². The van der Waals surface area contributed by atoms with Crippen molar-refractivity contribution in [1.82, 2.24) is 14.5 Å². The largest absolute Gasteiger partial charge is 0.444 e. The molecule has 2 aromatic heterocycles. The minimum absolute atomic E-state index is 0.233. The van der Waals surface area contributed by atoms with Crippen LogP contribution in [-0.2, 0) is 4.74 Å². The van der Waals surface area contributed by atoms with Crippen molar-refractivity contribution in [3.8, 4) is 0 Å². The van der Waals surface area contributed by atoms with Gasteiger partial charge in [0.15, 0.2) is 0 Å². The zero-order valence-electron chi connectivity index (χ0n) is 14.0. The monoisotopic (exact) mass is 379 g/mol. The first-order chi connectivity index (χ1) is 10.7. The van der Waals surface area contributed by atoms with E-state index in [0.717, 1.165) is 28.5 Å². The highest BCUT2D eigenvalue weighted by molar-refractivity contribution is 9.10. The zero-order chi connectivity index (χ0) is 16.8. The van der Waals surface area contributed by atoms with Crippen LogP contribution in [0.3, 0.4) is 0 Å². The van der Waals surface area contributed by atoms with Crippen LogP contribution in [-0.4, -0.2) is 39.2 Å². The number of carbonyl (C=O) groups excluding carboxylic acids is 1. The van der Waals surface area contributed by atoms with Crippen LogP contribution in [0.25, 0.3) is 11.0 Å². The summed E-state index contributed by atoms with van der Waals surface area (Å²) in [6, 6.07) is 2.33. The lowest BCUT2D eigenvalue weighted by molar-refractivity contribution is 0.0289. The molecule has 0 unspecified atom stereocenters. The Morgan fingerprint density at radius 3 is 2.87 bits per heavy atom. The molecule has 1 aliphatic rings. The normalized spacial score (nSPS) is 18.7. The highest BCUT2D eigenvalue weighted by atomic mass is 79.9. The summed E-state index contributed by atoms with van der Waals surface area (Å²) in [5, 5.41) is 1.15. The second kappa shape index (κ2) is 5.82. The van der Waals surface area contributed by atoms with Crippen LogP contribution in [0, 0.1) is 6.92 Å². The third kappa shape index (κ3) is 3.37. The van der Waals surface area contributed by atoms with Crippen LogP contribution >= 0.6 is 15.9 Å². The van der Waals surface area contributed by atoms with E-state index in [0.29, 0.717) is 6.54 Å². The first-order valence-electron chi connectivity index (χ1n) is 7.85. The maximum atomic E-state index is 12.2. The van der Waals surface area contributed by atoms with Gasteiger partial charge in [0.2, 0.25) is 0 Å². The maximum absolute atomic E-state index is 12.2. The number of aryl methyl sites for hydroxylation is 1. The van der Waals surface area contributed by atoms with Gasteiger partial charge in [-0.2, -0.15) is 0 Å². The number of hydrogen-bond acceptors (Lipinski definition) is 3. The van der Waals surface area contributed by atoms with Gasteiger partial charge in [-0.3, -0.25) is 0 Å². The molecule has 0 radical (unpaired) electrons. The fourth-order valence-electron chi connectivity index (χ4n) is 3.01. The molecule has 23 heavy (non-hydrogen) atoms. The van der Waals surface area contributed by atoms with Crippen molar-refractivity contribution in [2.45, 2.75) is 45.8 Å². The molecule has 0 N–H and O–H groups in total. The van der Waals surface area contributed by atoms with E-state index >= 15 is 0 Å². The molecule has 0 bridgehead atoms. The molecule has 1 fully saturated rings. The Balaban J connectivity index is 1.81. The van der Waals surface area contributed by atoms with Crippen LogP contribution in [0.5, 0.6) is 0 Å². The first-order valence-corrected chi connectivity index (χ1v) is 8.64. The van der Waals surface area contributed by atoms with E-state index in [-0.39, 0.29) is 12.1 Å². The van der Waals surface area contributed by atoms with Crippen molar-refractivity contribution >= 4 is 33.1 Å². The molecule has 1 saturated heterocycles. The standard InChI is InChI=1S/C17H22BrN3O2/c1-11-9-21(15-14(11)7-12(18)8-19-15)13-5-6-20(10-13)16(22)23-17(2,3)4/h7-9,13H,5-6,10H2,1-4H3/t13-/m1/s1. The third-order valence-corrected chi connectivity index (χ3v) is 4.48. The summed E-state index contributed by atoms with van der Waals surface area (Å²) in [4.78, 5) is 18.6. The molecule has 124 valence electrons. The highest BCUT2D eigenvalue weighted by Crippen LogP contribution is 2.30. The van der Waals surface area contributed by atoms with E-state index in [4.69, 9.17) is 4.74 Å². The Morgan fingerprint density at radius 2 is 2.17 bits per heavy atom. The van der Waals surface area contributed by atoms with Gasteiger partial charge in [-0.05, 0) is 61.7 Å². The number of ether oxygens (including phenoxy) is 1. The predicted molar refractivity (Wildman–Crippen MR) is 93.6 cm³/mol. The molecule has 0 spiro atoms. The van der Waals surface area contributed by atoms with E-state index in [1.165, 1.54) is 5.56 Å². The van der Waals surface area contributed by atoms with Crippen molar-refractivity contribution in [2.24, 2.45) is 0 Å². The number of pyridine rings is 1. The summed E-state index contributed by atoms with van der Waals surface area (Å²) in [6.45, 7) is 9.15. The maximum Gasteiger partial charge on any atom is 0.410 e. The molecule has 3 rings (SSSR count). The van der Waals surface area contributed by atoms with Crippen molar-refractivity contribution in [2.75, 3.05) is 13.1 Å². The van der Waals surface area contributed by atoms with E-state index < -0.39 is 5.60 Å². The highest BCUT2D eigenvalue weighted by Gasteiger charge is 2.31. The Hall–Kier alpha value is -1.56. The molecular formula is C17H22BrN3O2. The minimum atomic E-state index is -0.459. The number of rotatable bonds is 1. The van der Waals surface area contributed by atoms with Gasteiger partial charge >= 0.3 is 6.09 Å². The van der Waals surface area contributed by atoms with Gasteiger partial charge in [-0.15, -0.1) is 0 Å². The molecule has 3 heterocycles. The molecular weight excluding hydrogens is 358 g/mol. The number of halogens is 1. The van der Waals surface area contributed by atoms with Gasteiger partial charge in [0.1, 0.15) is 11.2 Å².